The number of alkyl halides is 2. The van der Waals surface area contributed by atoms with Gasteiger partial charge in [-0.05, 0) is 0 Å². The van der Waals surface area contributed by atoms with Gasteiger partial charge in [-0.1, -0.05) is 6.07 Å². The van der Waals surface area contributed by atoms with Crippen molar-refractivity contribution in [2.45, 2.75) is 5.92 Å². The van der Waals surface area contributed by atoms with Crippen molar-refractivity contribution in [2.75, 3.05) is 8.86 Å². The van der Waals surface area contributed by atoms with Crippen LogP contribution < -0.4 is 21.2 Å². The van der Waals surface area contributed by atoms with E-state index in [1.807, 2.05) is 24.3 Å². The molecule has 120 valence electrons. The van der Waals surface area contributed by atoms with Crippen LogP contribution in [0.2, 0.25) is 5.15 Å². The first-order valence-electron chi connectivity index (χ1n) is 7.78. The summed E-state index contributed by atoms with van der Waals surface area (Å²) in [5.41, 5.74) is 3.70. The molecule has 2 aromatic carbocycles. The molecule has 1 fully saturated rings. The molecule has 1 aliphatic heterocycles. The Kier molecular flexibility index (Phi) is 3.49. The molecule has 0 saturated carbocycles. The van der Waals surface area contributed by atoms with E-state index in [1.165, 1.54) is 8.86 Å². The van der Waals surface area contributed by atoms with Crippen LogP contribution in [0, 0.1) is 0 Å². The van der Waals surface area contributed by atoms with Crippen molar-refractivity contribution in [3.8, 4) is 11.1 Å². The molecule has 1 saturated heterocycles. The maximum absolute atomic E-state index is 6.46. The summed E-state index contributed by atoms with van der Waals surface area (Å²) in [6, 6.07) is 16.5. The number of furan rings is 1. The van der Waals surface area contributed by atoms with E-state index in [1.54, 1.807) is 0 Å². The number of hydrogen-bond acceptors (Lipinski definition) is 3. The van der Waals surface area contributed by atoms with E-state index in [-0.39, 0.29) is 0 Å². The van der Waals surface area contributed by atoms with Gasteiger partial charge >= 0.3 is 149 Å². The molecule has 4 aromatic rings. The van der Waals surface area contributed by atoms with Crippen molar-refractivity contribution >= 4 is 33.7 Å². The molecule has 3 heterocycles. The van der Waals surface area contributed by atoms with E-state index < -0.39 is 0 Å². The number of aromatic nitrogens is 2. The Morgan fingerprint density at radius 1 is 1.00 bits per heavy atom. The second-order valence-corrected chi connectivity index (χ2v) is 9.12. The quantitative estimate of drug-likeness (QED) is 0.268. The van der Waals surface area contributed by atoms with E-state index in [9.17, 15) is 0 Å². The van der Waals surface area contributed by atoms with E-state index in [2.05, 4.69) is 34.2 Å². The number of rotatable bonds is 2. The SMILES string of the molecule is Clc1nc(C2C[I-]C2)nc2oc3cc(-c4ccccc4)ccc3c12. The molecule has 3 nitrogen and oxygen atoms in total. The Balaban J connectivity index is 1.70. The molecular weight excluding hydrogens is 435 g/mol. The Morgan fingerprint density at radius 3 is 2.58 bits per heavy atom. The van der Waals surface area contributed by atoms with Crippen LogP contribution in [-0.2, 0) is 0 Å². The van der Waals surface area contributed by atoms with Crippen LogP contribution in [0.25, 0.3) is 33.2 Å². The van der Waals surface area contributed by atoms with Crippen molar-refractivity contribution in [1.29, 1.82) is 0 Å². The minimum atomic E-state index is 0.367. The average molecular weight is 448 g/mol. The molecule has 5 heteroatoms. The monoisotopic (exact) mass is 447 g/mol. The zero-order chi connectivity index (χ0) is 16.1. The molecule has 0 bridgehead atoms. The Morgan fingerprint density at radius 2 is 1.83 bits per heavy atom. The molecule has 2 aromatic heterocycles. The third kappa shape index (κ3) is 2.31. The summed E-state index contributed by atoms with van der Waals surface area (Å²) in [5.74, 6) is 1.33. The predicted molar refractivity (Wildman–Crippen MR) is 92.2 cm³/mol. The molecule has 0 radical (unpaired) electrons. The molecule has 0 atom stereocenters. The summed E-state index contributed by atoms with van der Waals surface area (Å²) in [5, 5.41) is 2.30. The van der Waals surface area contributed by atoms with Crippen LogP contribution in [-0.4, -0.2) is 18.8 Å². The van der Waals surface area contributed by atoms with Crippen LogP contribution in [0.3, 0.4) is 0 Å². The molecule has 1 aliphatic rings. The van der Waals surface area contributed by atoms with Gasteiger partial charge in [0.2, 0.25) is 0 Å². The van der Waals surface area contributed by atoms with Gasteiger partial charge in [-0.3, -0.25) is 0 Å². The molecule has 24 heavy (non-hydrogen) atoms. The van der Waals surface area contributed by atoms with Crippen LogP contribution >= 0.6 is 11.6 Å². The third-order valence-electron chi connectivity index (χ3n) is 4.37. The minimum absolute atomic E-state index is 0.367. The van der Waals surface area contributed by atoms with Crippen molar-refractivity contribution in [3.63, 3.8) is 0 Å². The molecule has 0 amide bonds. The molecule has 0 N–H and O–H groups in total. The molecule has 0 unspecified atom stereocenters. The zero-order valence-corrected chi connectivity index (χ0v) is 15.6. The summed E-state index contributed by atoms with van der Waals surface area (Å²) in [6.45, 7) is 0. The van der Waals surface area contributed by atoms with Crippen molar-refractivity contribution < 1.29 is 25.6 Å². The molecule has 5 rings (SSSR count). The summed E-state index contributed by atoms with van der Waals surface area (Å²) in [7, 11) is 0. The first kappa shape index (κ1) is 14.7. The third-order valence-corrected chi connectivity index (χ3v) is 8.02. The summed E-state index contributed by atoms with van der Waals surface area (Å²) in [6.07, 6.45) is 0. The van der Waals surface area contributed by atoms with Gasteiger partial charge in [0.15, 0.2) is 0 Å². The number of hydrogen-bond donors (Lipinski definition) is 0. The fourth-order valence-corrected chi connectivity index (χ4v) is 5.30. The van der Waals surface area contributed by atoms with Crippen LogP contribution in [0.4, 0.5) is 0 Å². The number of fused-ring (bicyclic) bond motifs is 3. The standard InChI is InChI=1S/C19H13ClIN2O/c20-17-16-14-7-6-12(11-4-2-1-3-5-11)8-15(14)24-19(16)23-18(22-17)13-9-21-10-13/h1-8,13H,9-10H2/q-1. The number of nitrogens with zero attached hydrogens (tertiary/aromatic N) is 2. The summed E-state index contributed by atoms with van der Waals surface area (Å²) >= 11 is 6.83. The van der Waals surface area contributed by atoms with Gasteiger partial charge in [0.1, 0.15) is 0 Å². The van der Waals surface area contributed by atoms with Gasteiger partial charge < -0.3 is 0 Å². The topological polar surface area (TPSA) is 38.9 Å². The second kappa shape index (κ2) is 5.70. The number of benzene rings is 2. The average Bonchev–Trinajstić information content (AvgIpc) is 2.92. The van der Waals surface area contributed by atoms with E-state index in [0.717, 1.165) is 33.3 Å². The second-order valence-electron chi connectivity index (χ2n) is 5.93. The summed E-state index contributed by atoms with van der Waals surface area (Å²) in [4.78, 5) is 9.19. The normalized spacial score (nSPS) is 15.4. The Labute approximate surface area is 154 Å². The fourth-order valence-electron chi connectivity index (χ4n) is 3.00. The molecule has 0 aliphatic carbocycles. The van der Waals surface area contributed by atoms with Crippen molar-refractivity contribution in [1.82, 2.24) is 9.97 Å². The fraction of sp³-hybridized carbons (Fsp3) is 0.158. The maximum atomic E-state index is 6.46. The first-order chi connectivity index (χ1) is 11.8. The first-order valence-corrected chi connectivity index (χ1v) is 11.2. The van der Waals surface area contributed by atoms with Crippen molar-refractivity contribution in [3.05, 3.63) is 59.5 Å². The van der Waals surface area contributed by atoms with E-state index in [0.29, 0.717) is 38.0 Å². The molecule has 0 spiro atoms. The van der Waals surface area contributed by atoms with Crippen LogP contribution in [0.1, 0.15) is 11.7 Å². The van der Waals surface area contributed by atoms with Crippen molar-refractivity contribution in [2.24, 2.45) is 0 Å². The van der Waals surface area contributed by atoms with Crippen LogP contribution in [0.15, 0.2) is 52.9 Å². The van der Waals surface area contributed by atoms with Gasteiger partial charge in [0.25, 0.3) is 0 Å². The Bertz CT molecular complexity index is 1060. The van der Waals surface area contributed by atoms with Gasteiger partial charge in [-0.15, -0.1) is 0 Å². The van der Waals surface area contributed by atoms with Gasteiger partial charge in [0, 0.05) is 0 Å². The van der Waals surface area contributed by atoms with Crippen LogP contribution in [0.5, 0.6) is 0 Å². The van der Waals surface area contributed by atoms with Gasteiger partial charge in [0.05, 0.1) is 0 Å². The summed E-state index contributed by atoms with van der Waals surface area (Å²) < 4.78 is 8.53. The number of halogens is 2. The Hall–Kier alpha value is -1.66. The zero-order valence-electron chi connectivity index (χ0n) is 12.7. The van der Waals surface area contributed by atoms with Gasteiger partial charge in [-0.25, -0.2) is 0 Å². The predicted octanol–water partition coefficient (Wildman–Crippen LogP) is 1.88. The van der Waals surface area contributed by atoms with Gasteiger partial charge in [-0.2, -0.15) is 0 Å². The van der Waals surface area contributed by atoms with E-state index >= 15 is 0 Å². The molecular formula is C19H13ClIN2O-. The van der Waals surface area contributed by atoms with E-state index in [4.69, 9.17) is 16.0 Å².